The van der Waals surface area contributed by atoms with Crippen molar-refractivity contribution in [2.24, 2.45) is 5.92 Å². The Bertz CT molecular complexity index is 325. The molecule has 144 valence electrons. The summed E-state index contributed by atoms with van der Waals surface area (Å²) >= 11 is 0. The van der Waals surface area contributed by atoms with E-state index >= 15 is 0 Å². The van der Waals surface area contributed by atoms with Gasteiger partial charge in [0.05, 0.1) is 13.2 Å². The van der Waals surface area contributed by atoms with Gasteiger partial charge in [0.15, 0.2) is 6.10 Å². The molecule has 0 aromatic carbocycles. The minimum absolute atomic E-state index is 0.201. The molecule has 0 amide bonds. The molecule has 0 aromatic heterocycles. The molecule has 1 unspecified atom stereocenters. The van der Waals surface area contributed by atoms with Crippen LogP contribution >= 0.6 is 0 Å². The Morgan fingerprint density at radius 2 is 1.21 bits per heavy atom. The van der Waals surface area contributed by atoms with Crippen molar-refractivity contribution in [2.45, 2.75) is 32.5 Å². The van der Waals surface area contributed by atoms with Crippen LogP contribution in [0.4, 0.5) is 0 Å². The molecule has 0 heterocycles. The SMILES string of the molecule is CC(C)C(O)C(=O)O.O=C(O)CC(=O)O.O=CO.OCC(O)CO. The van der Waals surface area contributed by atoms with E-state index in [1.807, 2.05) is 0 Å². The summed E-state index contributed by atoms with van der Waals surface area (Å²) in [5.41, 5.74) is 0. The fourth-order valence-electron chi connectivity index (χ4n) is 0.472. The summed E-state index contributed by atoms with van der Waals surface area (Å²) in [6.45, 7) is 2.32. The standard InChI is InChI=1S/C5H10O3.C3H4O4.C3H8O3.CH2O2/c1-3(2)4(6)5(7)8;4-2(5)1-3(6)7;4-1-3(6)2-5;2-1-3/h3-4,6H,1-2H3,(H,7,8);1H2,(H,4,5)(H,6,7);3-6H,1-2H2;1H,(H,2,3). The zero-order valence-corrected chi connectivity index (χ0v) is 13.1. The number of hydrogen-bond donors (Lipinski definition) is 8. The van der Waals surface area contributed by atoms with Crippen LogP contribution in [0.3, 0.4) is 0 Å². The molecule has 12 heteroatoms. The number of aliphatic carboxylic acids is 3. The predicted molar refractivity (Wildman–Crippen MR) is 77.2 cm³/mol. The van der Waals surface area contributed by atoms with Gasteiger partial charge in [-0.15, -0.1) is 0 Å². The quantitative estimate of drug-likeness (QED) is 0.184. The average molecular weight is 360 g/mol. The lowest BCUT2D eigenvalue weighted by atomic mass is 10.1. The molecule has 24 heavy (non-hydrogen) atoms. The third-order valence-corrected chi connectivity index (χ3v) is 1.61. The van der Waals surface area contributed by atoms with Crippen molar-refractivity contribution in [1.82, 2.24) is 0 Å². The highest BCUT2D eigenvalue weighted by Crippen LogP contribution is 1.99. The van der Waals surface area contributed by atoms with E-state index in [2.05, 4.69) is 0 Å². The van der Waals surface area contributed by atoms with Gasteiger partial charge in [0.25, 0.3) is 6.47 Å². The van der Waals surface area contributed by atoms with Gasteiger partial charge in [-0.25, -0.2) is 4.79 Å². The smallest absolute Gasteiger partial charge is 0.332 e. The van der Waals surface area contributed by atoms with E-state index in [0.29, 0.717) is 0 Å². The molecule has 0 aliphatic rings. The van der Waals surface area contributed by atoms with Crippen LogP contribution in [-0.4, -0.2) is 90.7 Å². The Balaban J connectivity index is -0.000000116. The highest BCUT2D eigenvalue weighted by Gasteiger charge is 2.16. The van der Waals surface area contributed by atoms with E-state index in [1.165, 1.54) is 0 Å². The first kappa shape index (κ1) is 29.7. The van der Waals surface area contributed by atoms with Gasteiger partial charge in [0, 0.05) is 0 Å². The first-order valence-electron chi connectivity index (χ1n) is 6.23. The lowest BCUT2D eigenvalue weighted by molar-refractivity contribution is -0.149. The summed E-state index contributed by atoms with van der Waals surface area (Å²) in [4.78, 5) is 37.1. The maximum Gasteiger partial charge on any atom is 0.332 e. The highest BCUT2D eigenvalue weighted by atomic mass is 16.4. The van der Waals surface area contributed by atoms with Crippen LogP contribution in [-0.2, 0) is 19.2 Å². The van der Waals surface area contributed by atoms with E-state index < -0.39 is 36.5 Å². The molecular formula is C12H24O12. The fourth-order valence-corrected chi connectivity index (χ4v) is 0.472. The van der Waals surface area contributed by atoms with E-state index in [4.69, 9.17) is 45.6 Å². The molecule has 0 rings (SSSR count). The number of aliphatic hydroxyl groups excluding tert-OH is 4. The van der Waals surface area contributed by atoms with Gasteiger partial charge >= 0.3 is 17.9 Å². The predicted octanol–water partition coefficient (Wildman–Crippen LogP) is -2.33. The Kier molecular flexibility index (Phi) is 25.6. The van der Waals surface area contributed by atoms with Gasteiger partial charge in [0.2, 0.25) is 0 Å². The molecule has 1 atom stereocenters. The maximum atomic E-state index is 9.89. The van der Waals surface area contributed by atoms with Crippen LogP contribution in [0.2, 0.25) is 0 Å². The van der Waals surface area contributed by atoms with E-state index in [9.17, 15) is 14.4 Å². The molecule has 8 N–H and O–H groups in total. The third-order valence-electron chi connectivity index (χ3n) is 1.61. The summed E-state index contributed by atoms with van der Waals surface area (Å²) in [6, 6.07) is 0. The monoisotopic (exact) mass is 360 g/mol. The van der Waals surface area contributed by atoms with Crippen molar-refractivity contribution in [1.29, 1.82) is 0 Å². The minimum atomic E-state index is -1.31. The molecule has 0 aromatic rings. The zero-order valence-electron chi connectivity index (χ0n) is 13.1. The number of aliphatic hydroxyl groups is 4. The normalized spacial score (nSPS) is 10.0. The summed E-state index contributed by atoms with van der Waals surface area (Å²) in [6.07, 6.45) is -2.97. The number of hydrogen-bond acceptors (Lipinski definition) is 8. The van der Waals surface area contributed by atoms with Crippen molar-refractivity contribution in [3.63, 3.8) is 0 Å². The molecule has 0 aliphatic heterocycles. The van der Waals surface area contributed by atoms with Gasteiger partial charge < -0.3 is 40.9 Å². The summed E-state index contributed by atoms with van der Waals surface area (Å²) in [7, 11) is 0. The Morgan fingerprint density at radius 1 is 0.917 bits per heavy atom. The molecule has 0 radical (unpaired) electrons. The molecule has 0 saturated heterocycles. The van der Waals surface area contributed by atoms with Crippen LogP contribution < -0.4 is 0 Å². The molecule has 12 nitrogen and oxygen atoms in total. The molecule has 0 bridgehead atoms. The second-order valence-electron chi connectivity index (χ2n) is 4.12. The zero-order chi connectivity index (χ0) is 20.3. The summed E-state index contributed by atoms with van der Waals surface area (Å²) < 4.78 is 0. The fraction of sp³-hybridized carbons (Fsp3) is 0.667. The number of carboxylic acids is 3. The van der Waals surface area contributed by atoms with Crippen LogP contribution in [0.25, 0.3) is 0 Å². The number of rotatable bonds is 6. The topological polar surface area (TPSA) is 230 Å². The van der Waals surface area contributed by atoms with Crippen LogP contribution in [0.1, 0.15) is 20.3 Å². The molecule has 0 aliphatic carbocycles. The summed E-state index contributed by atoms with van der Waals surface area (Å²) in [5, 5.41) is 63.0. The van der Waals surface area contributed by atoms with Crippen molar-refractivity contribution >= 4 is 24.4 Å². The van der Waals surface area contributed by atoms with Gasteiger partial charge in [-0.1, -0.05) is 13.8 Å². The molecule has 0 spiro atoms. The second kappa shape index (κ2) is 20.7. The van der Waals surface area contributed by atoms with E-state index in [-0.39, 0.29) is 25.6 Å². The number of carboxylic acid groups (broad SMARTS) is 4. The Hall–Kier alpha value is -2.28. The lowest BCUT2D eigenvalue weighted by Crippen LogP contribution is -2.25. The molecular weight excluding hydrogens is 336 g/mol. The van der Waals surface area contributed by atoms with Crippen LogP contribution in [0, 0.1) is 5.92 Å². The Labute approximate surface area is 137 Å². The minimum Gasteiger partial charge on any atom is -0.483 e. The van der Waals surface area contributed by atoms with E-state index in [1.54, 1.807) is 13.8 Å². The molecule has 0 saturated carbocycles. The molecule has 0 fully saturated rings. The van der Waals surface area contributed by atoms with Gasteiger partial charge in [-0.05, 0) is 5.92 Å². The first-order valence-corrected chi connectivity index (χ1v) is 6.23. The van der Waals surface area contributed by atoms with Crippen LogP contribution in [0.5, 0.6) is 0 Å². The summed E-state index contributed by atoms with van der Waals surface area (Å²) in [5.74, 6) is -3.98. The Morgan fingerprint density at radius 3 is 1.21 bits per heavy atom. The van der Waals surface area contributed by atoms with Crippen LogP contribution in [0.15, 0.2) is 0 Å². The van der Waals surface area contributed by atoms with Gasteiger partial charge in [-0.2, -0.15) is 0 Å². The van der Waals surface area contributed by atoms with Gasteiger partial charge in [0.1, 0.15) is 12.5 Å². The largest absolute Gasteiger partial charge is 0.483 e. The van der Waals surface area contributed by atoms with Crippen molar-refractivity contribution in [3.8, 4) is 0 Å². The van der Waals surface area contributed by atoms with Gasteiger partial charge in [-0.3, -0.25) is 14.4 Å². The second-order valence-corrected chi connectivity index (χ2v) is 4.12. The van der Waals surface area contributed by atoms with Crippen molar-refractivity contribution in [3.05, 3.63) is 0 Å². The van der Waals surface area contributed by atoms with Crippen molar-refractivity contribution in [2.75, 3.05) is 13.2 Å². The third kappa shape index (κ3) is 36.7. The number of carbonyl (C=O) groups is 4. The maximum absolute atomic E-state index is 9.89. The van der Waals surface area contributed by atoms with Crippen molar-refractivity contribution < 1.29 is 60.0 Å². The van der Waals surface area contributed by atoms with E-state index in [0.717, 1.165) is 0 Å². The first-order chi connectivity index (χ1) is 10.9. The lowest BCUT2D eigenvalue weighted by Gasteiger charge is -2.06. The highest BCUT2D eigenvalue weighted by molar-refractivity contribution is 5.88. The average Bonchev–Trinajstić information content (AvgIpc) is 2.46.